The number of nitrogens with zero attached hydrogens (tertiary/aromatic N) is 2. The van der Waals surface area contributed by atoms with Gasteiger partial charge in [-0.25, -0.2) is 0 Å². The third kappa shape index (κ3) is 3.35. The zero-order valence-corrected chi connectivity index (χ0v) is 12.8. The van der Waals surface area contributed by atoms with Gasteiger partial charge in [-0.3, -0.25) is 4.79 Å². The number of likely N-dealkylation sites (N-methyl/N-ethyl adjacent to an activating group) is 2. The number of rotatable bonds is 3. The summed E-state index contributed by atoms with van der Waals surface area (Å²) in [5.74, 6) is 0.0554. The van der Waals surface area contributed by atoms with Crippen molar-refractivity contribution < 1.29 is 4.79 Å². The third-order valence-corrected chi connectivity index (χ3v) is 4.12. The fourth-order valence-corrected chi connectivity index (χ4v) is 2.74. The smallest absolute Gasteiger partial charge is 0.253 e. The summed E-state index contributed by atoms with van der Waals surface area (Å²) in [5, 5.41) is 0. The Kier molecular flexibility index (Phi) is 4.73. The minimum Gasteiger partial charge on any atom is -0.389 e. The van der Waals surface area contributed by atoms with Gasteiger partial charge in [0.2, 0.25) is 0 Å². The van der Waals surface area contributed by atoms with Gasteiger partial charge in [-0.05, 0) is 38.6 Å². The second-order valence-corrected chi connectivity index (χ2v) is 5.86. The number of amides is 1. The van der Waals surface area contributed by atoms with Crippen LogP contribution in [0.2, 0.25) is 0 Å². The maximum Gasteiger partial charge on any atom is 0.253 e. The summed E-state index contributed by atoms with van der Waals surface area (Å²) in [7, 11) is 3.98. The maximum absolute atomic E-state index is 12.5. The summed E-state index contributed by atoms with van der Waals surface area (Å²) in [5.41, 5.74) is 7.03. The molecule has 4 nitrogen and oxygen atoms in total. The van der Waals surface area contributed by atoms with Crippen LogP contribution < -0.4 is 5.73 Å². The molecule has 1 heterocycles. The molecule has 1 atom stereocenters. The van der Waals surface area contributed by atoms with E-state index in [1.54, 1.807) is 24.3 Å². The molecule has 2 rings (SSSR count). The van der Waals surface area contributed by atoms with Gasteiger partial charge in [0.25, 0.3) is 5.91 Å². The summed E-state index contributed by atoms with van der Waals surface area (Å²) >= 11 is 4.91. The molecule has 5 heteroatoms. The van der Waals surface area contributed by atoms with Crippen LogP contribution in [-0.4, -0.2) is 53.9 Å². The standard InChI is InChI=1S/C15H21N3OS/c1-17-9-3-4-13(10-17)18(2)15(19)12-7-5-11(6-8-12)14(16)20/h5-8,13H,3-4,9-10H2,1-2H3,(H2,16,20). The van der Waals surface area contributed by atoms with Crippen LogP contribution in [0.5, 0.6) is 0 Å². The number of carbonyl (C=O) groups excluding carboxylic acids is 1. The Bertz CT molecular complexity index is 500. The highest BCUT2D eigenvalue weighted by Gasteiger charge is 2.25. The topological polar surface area (TPSA) is 49.6 Å². The largest absolute Gasteiger partial charge is 0.389 e. The van der Waals surface area contributed by atoms with Crippen LogP contribution in [0, 0.1) is 0 Å². The van der Waals surface area contributed by atoms with Crippen LogP contribution in [0.4, 0.5) is 0 Å². The summed E-state index contributed by atoms with van der Waals surface area (Å²) < 4.78 is 0. The zero-order valence-electron chi connectivity index (χ0n) is 12.0. The number of carbonyl (C=O) groups is 1. The van der Waals surface area contributed by atoms with E-state index in [2.05, 4.69) is 11.9 Å². The molecule has 2 N–H and O–H groups in total. The van der Waals surface area contributed by atoms with Crippen LogP contribution in [0.15, 0.2) is 24.3 Å². The Labute approximate surface area is 125 Å². The van der Waals surface area contributed by atoms with Crippen LogP contribution in [0.25, 0.3) is 0 Å². The van der Waals surface area contributed by atoms with E-state index in [0.29, 0.717) is 10.6 Å². The second kappa shape index (κ2) is 6.33. The number of nitrogens with two attached hydrogens (primary N) is 1. The van der Waals surface area contributed by atoms with E-state index in [-0.39, 0.29) is 11.9 Å². The first-order valence-corrected chi connectivity index (χ1v) is 7.25. The Balaban J connectivity index is 2.07. The summed E-state index contributed by atoms with van der Waals surface area (Å²) in [4.78, 5) is 17.0. The number of benzene rings is 1. The highest BCUT2D eigenvalue weighted by Crippen LogP contribution is 2.16. The zero-order chi connectivity index (χ0) is 14.7. The second-order valence-electron chi connectivity index (χ2n) is 5.42. The molecule has 1 aliphatic rings. The minimum absolute atomic E-state index is 0.0554. The minimum atomic E-state index is 0.0554. The van der Waals surface area contributed by atoms with Gasteiger partial charge in [0.1, 0.15) is 4.99 Å². The first kappa shape index (κ1) is 14.9. The molecule has 108 valence electrons. The molecule has 1 fully saturated rings. The number of hydrogen-bond acceptors (Lipinski definition) is 3. The molecule has 0 saturated carbocycles. The molecule has 1 amide bonds. The molecule has 0 aromatic heterocycles. The molecule has 1 saturated heterocycles. The van der Waals surface area contributed by atoms with Crippen LogP contribution >= 0.6 is 12.2 Å². The Morgan fingerprint density at radius 3 is 2.50 bits per heavy atom. The highest BCUT2D eigenvalue weighted by atomic mass is 32.1. The number of thiocarbonyl (C=S) groups is 1. The predicted molar refractivity (Wildman–Crippen MR) is 84.9 cm³/mol. The van der Waals surface area contributed by atoms with E-state index in [1.165, 1.54) is 0 Å². The molecule has 1 unspecified atom stereocenters. The molecular weight excluding hydrogens is 270 g/mol. The summed E-state index contributed by atoms with van der Waals surface area (Å²) in [6.07, 6.45) is 2.21. The maximum atomic E-state index is 12.5. The van der Waals surface area contributed by atoms with Crippen molar-refractivity contribution in [3.05, 3.63) is 35.4 Å². The predicted octanol–water partition coefficient (Wildman–Crippen LogP) is 1.49. The van der Waals surface area contributed by atoms with Crippen molar-refractivity contribution in [2.75, 3.05) is 27.2 Å². The van der Waals surface area contributed by atoms with Gasteiger partial charge in [-0.1, -0.05) is 24.4 Å². The van der Waals surface area contributed by atoms with Gasteiger partial charge in [-0.15, -0.1) is 0 Å². The van der Waals surface area contributed by atoms with Crippen molar-refractivity contribution >= 4 is 23.1 Å². The van der Waals surface area contributed by atoms with Crippen molar-refractivity contribution in [3.63, 3.8) is 0 Å². The van der Waals surface area contributed by atoms with E-state index in [4.69, 9.17) is 18.0 Å². The molecule has 1 aromatic carbocycles. The van der Waals surface area contributed by atoms with E-state index in [1.807, 2.05) is 11.9 Å². The molecule has 0 bridgehead atoms. The van der Waals surface area contributed by atoms with Crippen molar-refractivity contribution in [1.82, 2.24) is 9.80 Å². The van der Waals surface area contributed by atoms with E-state index in [9.17, 15) is 4.79 Å². The van der Waals surface area contributed by atoms with Gasteiger partial charge in [0, 0.05) is 30.8 Å². The van der Waals surface area contributed by atoms with Crippen molar-refractivity contribution in [2.45, 2.75) is 18.9 Å². The monoisotopic (exact) mass is 291 g/mol. The molecule has 1 aromatic rings. The average Bonchev–Trinajstić information content (AvgIpc) is 2.46. The Hall–Kier alpha value is -1.46. The van der Waals surface area contributed by atoms with E-state index < -0.39 is 0 Å². The Morgan fingerprint density at radius 2 is 1.95 bits per heavy atom. The molecule has 20 heavy (non-hydrogen) atoms. The van der Waals surface area contributed by atoms with E-state index in [0.717, 1.165) is 31.5 Å². The van der Waals surface area contributed by atoms with Crippen LogP contribution in [0.3, 0.4) is 0 Å². The van der Waals surface area contributed by atoms with Gasteiger partial charge in [0.15, 0.2) is 0 Å². The normalized spacial score (nSPS) is 19.6. The lowest BCUT2D eigenvalue weighted by atomic mass is 10.0. The van der Waals surface area contributed by atoms with E-state index >= 15 is 0 Å². The lowest BCUT2D eigenvalue weighted by Gasteiger charge is -2.35. The first-order valence-electron chi connectivity index (χ1n) is 6.84. The fraction of sp³-hybridized carbons (Fsp3) is 0.467. The SMILES string of the molecule is CN1CCCC(N(C)C(=O)c2ccc(C(N)=S)cc2)C1. The quantitative estimate of drug-likeness (QED) is 0.857. The van der Waals surface area contributed by atoms with Gasteiger partial charge in [0.05, 0.1) is 0 Å². The lowest BCUT2D eigenvalue weighted by molar-refractivity contribution is 0.0644. The third-order valence-electron chi connectivity index (χ3n) is 3.88. The molecule has 0 aliphatic carbocycles. The first-order chi connectivity index (χ1) is 9.49. The Morgan fingerprint density at radius 1 is 1.35 bits per heavy atom. The number of likely N-dealkylation sites (tertiary alicyclic amines) is 1. The lowest BCUT2D eigenvalue weighted by Crippen LogP contribution is -2.47. The summed E-state index contributed by atoms with van der Waals surface area (Å²) in [6, 6.07) is 7.48. The number of hydrogen-bond donors (Lipinski definition) is 1. The summed E-state index contributed by atoms with van der Waals surface area (Å²) in [6.45, 7) is 2.05. The van der Waals surface area contributed by atoms with Crippen molar-refractivity contribution in [2.24, 2.45) is 5.73 Å². The van der Waals surface area contributed by atoms with Crippen LogP contribution in [0.1, 0.15) is 28.8 Å². The van der Waals surface area contributed by atoms with Crippen LogP contribution in [-0.2, 0) is 0 Å². The van der Waals surface area contributed by atoms with Gasteiger partial charge < -0.3 is 15.5 Å². The number of piperidine rings is 1. The van der Waals surface area contributed by atoms with Gasteiger partial charge in [-0.2, -0.15) is 0 Å². The van der Waals surface area contributed by atoms with Crippen molar-refractivity contribution in [3.8, 4) is 0 Å². The average molecular weight is 291 g/mol. The van der Waals surface area contributed by atoms with Crippen molar-refractivity contribution in [1.29, 1.82) is 0 Å². The highest BCUT2D eigenvalue weighted by molar-refractivity contribution is 7.80. The molecular formula is C15H21N3OS. The molecule has 0 spiro atoms. The molecule has 0 radical (unpaired) electrons. The van der Waals surface area contributed by atoms with Gasteiger partial charge >= 0.3 is 0 Å². The fourth-order valence-electron chi connectivity index (χ4n) is 2.60. The molecule has 1 aliphatic heterocycles.